The van der Waals surface area contributed by atoms with Crippen LogP contribution >= 0.6 is 27.7 Å². The Morgan fingerprint density at radius 3 is 2.57 bits per heavy atom. The molecule has 0 aliphatic heterocycles. The predicted octanol–water partition coefficient (Wildman–Crippen LogP) is 4.50. The third kappa shape index (κ3) is 4.79. The second-order valence-electron chi connectivity index (χ2n) is 4.48. The Morgan fingerprint density at radius 2 is 1.95 bits per heavy atom. The number of amides is 1. The molecule has 0 heterocycles. The van der Waals surface area contributed by atoms with Crippen molar-refractivity contribution in [3.63, 3.8) is 0 Å². The molecule has 0 aliphatic carbocycles. The number of hydrogen-bond donors (Lipinski definition) is 1. The van der Waals surface area contributed by atoms with Crippen LogP contribution in [0, 0.1) is 6.92 Å². The molecule has 0 radical (unpaired) electrons. The highest BCUT2D eigenvalue weighted by atomic mass is 79.9. The van der Waals surface area contributed by atoms with Crippen molar-refractivity contribution in [3.05, 3.63) is 52.5 Å². The van der Waals surface area contributed by atoms with Crippen molar-refractivity contribution in [1.82, 2.24) is 0 Å². The minimum absolute atomic E-state index is 0.0208. The van der Waals surface area contributed by atoms with Gasteiger partial charge in [0.25, 0.3) is 0 Å². The Bertz CT molecular complexity index is 629. The van der Waals surface area contributed by atoms with E-state index in [2.05, 4.69) is 21.2 Å². The van der Waals surface area contributed by atoms with Crippen LogP contribution in [0.1, 0.15) is 5.56 Å². The fourth-order valence-corrected chi connectivity index (χ4v) is 3.07. The van der Waals surface area contributed by atoms with E-state index in [4.69, 9.17) is 4.74 Å². The first-order valence-corrected chi connectivity index (χ1v) is 8.19. The molecule has 0 spiro atoms. The lowest BCUT2D eigenvalue weighted by Crippen LogP contribution is -2.13. The van der Waals surface area contributed by atoms with Gasteiger partial charge in [-0.1, -0.05) is 15.9 Å². The average Bonchev–Trinajstić information content (AvgIpc) is 2.47. The zero-order valence-electron chi connectivity index (χ0n) is 11.9. The van der Waals surface area contributed by atoms with Crippen LogP contribution in [0.15, 0.2) is 51.8 Å². The van der Waals surface area contributed by atoms with Crippen molar-refractivity contribution in [3.8, 4) is 5.75 Å². The van der Waals surface area contributed by atoms with E-state index in [-0.39, 0.29) is 5.91 Å². The molecule has 1 N–H and O–H groups in total. The van der Waals surface area contributed by atoms with E-state index in [1.165, 1.54) is 11.8 Å². The Hall–Kier alpha value is -1.46. The number of hydrogen-bond acceptors (Lipinski definition) is 3. The molecular formula is C16H16BrNO2S. The second-order valence-corrected chi connectivity index (χ2v) is 6.41. The molecule has 5 heteroatoms. The molecular weight excluding hydrogens is 350 g/mol. The molecule has 2 aromatic carbocycles. The molecule has 0 fully saturated rings. The molecule has 0 aliphatic rings. The summed E-state index contributed by atoms with van der Waals surface area (Å²) >= 11 is 4.97. The molecule has 0 bridgehead atoms. The molecule has 0 aromatic heterocycles. The number of benzene rings is 2. The normalized spacial score (nSPS) is 10.2. The van der Waals surface area contributed by atoms with Crippen LogP contribution < -0.4 is 10.1 Å². The minimum Gasteiger partial charge on any atom is -0.497 e. The van der Waals surface area contributed by atoms with Crippen molar-refractivity contribution >= 4 is 39.3 Å². The summed E-state index contributed by atoms with van der Waals surface area (Å²) in [5.41, 5.74) is 1.93. The van der Waals surface area contributed by atoms with Crippen LogP contribution in [-0.2, 0) is 4.79 Å². The van der Waals surface area contributed by atoms with Gasteiger partial charge in [0.05, 0.1) is 12.9 Å². The molecule has 0 saturated heterocycles. The summed E-state index contributed by atoms with van der Waals surface area (Å²) < 4.78 is 6.13. The van der Waals surface area contributed by atoms with Gasteiger partial charge in [-0.15, -0.1) is 11.8 Å². The highest BCUT2D eigenvalue weighted by Gasteiger charge is 2.06. The molecule has 0 saturated carbocycles. The monoisotopic (exact) mass is 365 g/mol. The standard InChI is InChI=1S/C16H16BrNO2S/c1-11-9-12(17)3-8-15(11)21-10-16(19)18-13-4-6-14(20-2)7-5-13/h3-9H,10H2,1-2H3,(H,18,19). The zero-order valence-corrected chi connectivity index (χ0v) is 14.3. The van der Waals surface area contributed by atoms with Crippen molar-refractivity contribution in [2.45, 2.75) is 11.8 Å². The largest absolute Gasteiger partial charge is 0.497 e. The van der Waals surface area contributed by atoms with Crippen molar-refractivity contribution in [2.75, 3.05) is 18.2 Å². The van der Waals surface area contributed by atoms with Crippen LogP contribution in [0.3, 0.4) is 0 Å². The first kappa shape index (κ1) is 15.9. The Morgan fingerprint density at radius 1 is 1.24 bits per heavy atom. The van der Waals surface area contributed by atoms with Crippen LogP contribution in [0.25, 0.3) is 0 Å². The summed E-state index contributed by atoms with van der Waals surface area (Å²) in [7, 11) is 1.62. The predicted molar refractivity (Wildman–Crippen MR) is 91.2 cm³/mol. The first-order chi connectivity index (χ1) is 10.1. The third-order valence-electron chi connectivity index (χ3n) is 2.87. The maximum Gasteiger partial charge on any atom is 0.234 e. The lowest BCUT2D eigenvalue weighted by Gasteiger charge is -2.08. The van der Waals surface area contributed by atoms with Crippen molar-refractivity contribution in [2.24, 2.45) is 0 Å². The van der Waals surface area contributed by atoms with Crippen LogP contribution in [-0.4, -0.2) is 18.8 Å². The summed E-state index contributed by atoms with van der Waals surface area (Å²) in [5, 5.41) is 2.87. The van der Waals surface area contributed by atoms with E-state index < -0.39 is 0 Å². The molecule has 0 unspecified atom stereocenters. The van der Waals surface area contributed by atoms with Gasteiger partial charge in [-0.2, -0.15) is 0 Å². The molecule has 3 nitrogen and oxygen atoms in total. The molecule has 21 heavy (non-hydrogen) atoms. The fraction of sp³-hybridized carbons (Fsp3) is 0.188. The van der Waals surface area contributed by atoms with Gasteiger partial charge >= 0.3 is 0 Å². The third-order valence-corrected chi connectivity index (χ3v) is 4.54. The number of nitrogens with one attached hydrogen (secondary N) is 1. The van der Waals surface area contributed by atoms with E-state index in [1.54, 1.807) is 7.11 Å². The molecule has 2 rings (SSSR count). The van der Waals surface area contributed by atoms with Crippen LogP contribution in [0.5, 0.6) is 5.75 Å². The number of methoxy groups -OCH3 is 1. The molecule has 110 valence electrons. The average molecular weight is 366 g/mol. The number of ether oxygens (including phenoxy) is 1. The second kappa shape index (κ2) is 7.52. The summed E-state index contributed by atoms with van der Waals surface area (Å²) in [5.74, 6) is 1.13. The SMILES string of the molecule is COc1ccc(NC(=O)CSc2ccc(Br)cc2C)cc1. The summed E-state index contributed by atoms with van der Waals surface area (Å²) in [6, 6.07) is 13.3. The first-order valence-electron chi connectivity index (χ1n) is 6.41. The number of aryl methyl sites for hydroxylation is 1. The zero-order chi connectivity index (χ0) is 15.2. The molecule has 1 amide bonds. The lowest BCUT2D eigenvalue weighted by molar-refractivity contribution is -0.113. The van der Waals surface area contributed by atoms with Crippen molar-refractivity contribution in [1.29, 1.82) is 0 Å². The van der Waals surface area contributed by atoms with E-state index in [0.29, 0.717) is 5.75 Å². The summed E-state index contributed by atoms with van der Waals surface area (Å²) in [4.78, 5) is 13.1. The highest BCUT2D eigenvalue weighted by molar-refractivity contribution is 9.10. The van der Waals surface area contributed by atoms with Crippen LogP contribution in [0.2, 0.25) is 0 Å². The lowest BCUT2D eigenvalue weighted by atomic mass is 10.2. The number of halogens is 1. The van der Waals surface area contributed by atoms with Gasteiger partial charge in [-0.05, 0) is 55.0 Å². The van der Waals surface area contributed by atoms with Gasteiger partial charge in [0, 0.05) is 15.1 Å². The molecule has 2 aromatic rings. The van der Waals surface area contributed by atoms with Gasteiger partial charge in [-0.25, -0.2) is 0 Å². The fourth-order valence-electron chi connectivity index (χ4n) is 1.79. The number of anilines is 1. The topological polar surface area (TPSA) is 38.3 Å². The number of carbonyl (C=O) groups excluding carboxylic acids is 1. The van der Waals surface area contributed by atoms with Gasteiger partial charge in [0.2, 0.25) is 5.91 Å². The smallest absolute Gasteiger partial charge is 0.234 e. The van der Waals surface area contributed by atoms with Crippen LogP contribution in [0.4, 0.5) is 5.69 Å². The minimum atomic E-state index is -0.0208. The summed E-state index contributed by atoms with van der Waals surface area (Å²) in [6.07, 6.45) is 0. The maximum absolute atomic E-state index is 11.9. The Labute approximate surface area is 137 Å². The number of rotatable bonds is 5. The maximum atomic E-state index is 11.9. The van der Waals surface area contributed by atoms with Gasteiger partial charge in [-0.3, -0.25) is 4.79 Å². The van der Waals surface area contributed by atoms with E-state index in [1.807, 2.05) is 49.4 Å². The molecule has 0 atom stereocenters. The quantitative estimate of drug-likeness (QED) is 0.792. The Balaban J connectivity index is 1.89. The number of carbonyl (C=O) groups is 1. The van der Waals surface area contributed by atoms with E-state index >= 15 is 0 Å². The van der Waals surface area contributed by atoms with Gasteiger partial charge in [0.15, 0.2) is 0 Å². The highest BCUT2D eigenvalue weighted by Crippen LogP contribution is 2.25. The van der Waals surface area contributed by atoms with E-state index in [9.17, 15) is 4.79 Å². The Kier molecular flexibility index (Phi) is 5.70. The summed E-state index contributed by atoms with van der Waals surface area (Å²) in [6.45, 7) is 2.04. The van der Waals surface area contributed by atoms with Crippen molar-refractivity contribution < 1.29 is 9.53 Å². The van der Waals surface area contributed by atoms with Gasteiger partial charge in [0.1, 0.15) is 5.75 Å². The number of thioether (sulfide) groups is 1. The van der Waals surface area contributed by atoms with Gasteiger partial charge < -0.3 is 10.1 Å². The van der Waals surface area contributed by atoms with E-state index in [0.717, 1.165) is 26.4 Å².